The van der Waals surface area contributed by atoms with Crippen molar-refractivity contribution in [2.24, 2.45) is 0 Å². The van der Waals surface area contributed by atoms with E-state index in [-0.39, 0.29) is 24.0 Å². The number of benzene rings is 1. The zero-order chi connectivity index (χ0) is 13.2. The van der Waals surface area contributed by atoms with Crippen molar-refractivity contribution >= 4 is 12.4 Å². The van der Waals surface area contributed by atoms with E-state index in [2.05, 4.69) is 10.4 Å². The monoisotopic (exact) mass is 293 g/mol. The van der Waals surface area contributed by atoms with Gasteiger partial charge in [-0.25, -0.2) is 4.68 Å². The molecule has 0 spiro atoms. The van der Waals surface area contributed by atoms with E-state index in [1.165, 1.54) is 0 Å². The normalized spacial score (nSPS) is 14.2. The Bertz CT molecular complexity index is 653. The van der Waals surface area contributed by atoms with Gasteiger partial charge in [0.2, 0.25) is 0 Å². The summed E-state index contributed by atoms with van der Waals surface area (Å²) < 4.78 is 6.88. The number of para-hydroxylation sites is 1. The van der Waals surface area contributed by atoms with Gasteiger partial charge in [0.05, 0.1) is 18.8 Å². The smallest absolute Gasteiger partial charge is 0.267 e. The zero-order valence-electron chi connectivity index (χ0n) is 11.1. The molecule has 1 aromatic carbocycles. The lowest BCUT2D eigenvalue weighted by molar-refractivity contribution is 0.307. The molecule has 5 nitrogen and oxygen atoms in total. The van der Waals surface area contributed by atoms with Crippen LogP contribution >= 0.6 is 12.4 Å². The highest BCUT2D eigenvalue weighted by Gasteiger charge is 2.21. The zero-order valence-corrected chi connectivity index (χ0v) is 11.9. The van der Waals surface area contributed by atoms with Crippen molar-refractivity contribution in [3.05, 3.63) is 46.8 Å². The van der Waals surface area contributed by atoms with Gasteiger partial charge < -0.3 is 10.1 Å². The van der Waals surface area contributed by atoms with E-state index in [0.29, 0.717) is 0 Å². The van der Waals surface area contributed by atoms with Crippen molar-refractivity contribution in [2.45, 2.75) is 6.04 Å². The number of aromatic nitrogens is 2. The Kier molecular flexibility index (Phi) is 4.42. The Morgan fingerprint density at radius 3 is 2.65 bits per heavy atom. The van der Waals surface area contributed by atoms with Gasteiger partial charge in [0.25, 0.3) is 5.56 Å². The van der Waals surface area contributed by atoms with Crippen LogP contribution in [0.15, 0.2) is 41.2 Å². The summed E-state index contributed by atoms with van der Waals surface area (Å²) >= 11 is 0. The van der Waals surface area contributed by atoms with Crippen molar-refractivity contribution in [1.82, 2.24) is 15.1 Å². The van der Waals surface area contributed by atoms with Gasteiger partial charge in [0.1, 0.15) is 5.75 Å². The predicted octanol–water partition coefficient (Wildman–Crippen LogP) is 1.48. The maximum atomic E-state index is 11.8. The van der Waals surface area contributed by atoms with Gasteiger partial charge in [-0.3, -0.25) is 4.79 Å². The van der Waals surface area contributed by atoms with Gasteiger partial charge in [0, 0.05) is 24.7 Å². The number of hydrogen-bond acceptors (Lipinski definition) is 4. The molecule has 1 saturated heterocycles. The Labute approximate surface area is 123 Å². The van der Waals surface area contributed by atoms with Crippen LogP contribution in [0.3, 0.4) is 0 Å². The molecule has 6 heteroatoms. The Hall–Kier alpha value is -1.85. The van der Waals surface area contributed by atoms with E-state index in [4.69, 9.17) is 4.74 Å². The van der Waals surface area contributed by atoms with E-state index in [1.807, 2.05) is 24.3 Å². The summed E-state index contributed by atoms with van der Waals surface area (Å²) in [7, 11) is 1.63. The molecule has 0 saturated carbocycles. The largest absolute Gasteiger partial charge is 0.496 e. The van der Waals surface area contributed by atoms with Crippen LogP contribution in [0, 0.1) is 0 Å². The van der Waals surface area contributed by atoms with Crippen molar-refractivity contribution in [3.8, 4) is 17.0 Å². The minimum atomic E-state index is -0.0647. The molecule has 1 aliphatic heterocycles. The van der Waals surface area contributed by atoms with Crippen molar-refractivity contribution in [2.75, 3.05) is 20.2 Å². The predicted molar refractivity (Wildman–Crippen MR) is 79.6 cm³/mol. The number of ether oxygens (including phenoxy) is 1. The maximum Gasteiger partial charge on any atom is 0.267 e. The lowest BCUT2D eigenvalue weighted by Gasteiger charge is -2.28. The standard InChI is InChI=1S/C14H15N3O2.ClH/c1-19-13-5-3-2-4-11(13)12-6-7-14(18)17(16-12)10-8-15-9-10;/h2-7,10,15H,8-9H2,1H3;1H. The average Bonchev–Trinajstić information content (AvgIpc) is 2.39. The second-order valence-electron chi connectivity index (χ2n) is 4.51. The SMILES string of the molecule is COc1ccccc1-c1ccc(=O)n(C2CNC2)n1.Cl. The summed E-state index contributed by atoms with van der Waals surface area (Å²) in [6, 6.07) is 11.1. The molecule has 1 aliphatic rings. The summed E-state index contributed by atoms with van der Waals surface area (Å²) in [5.41, 5.74) is 1.58. The van der Waals surface area contributed by atoms with Crippen LogP contribution in [-0.2, 0) is 0 Å². The second kappa shape index (κ2) is 6.07. The first kappa shape index (κ1) is 14.6. The molecule has 0 amide bonds. The van der Waals surface area contributed by atoms with Gasteiger partial charge in [-0.15, -0.1) is 12.4 Å². The number of rotatable bonds is 3. The molecule has 0 atom stereocenters. The molecular formula is C14H16ClN3O2. The fourth-order valence-electron chi connectivity index (χ4n) is 2.13. The molecule has 20 heavy (non-hydrogen) atoms. The van der Waals surface area contributed by atoms with Crippen LogP contribution in [0.25, 0.3) is 11.3 Å². The molecule has 106 valence electrons. The quantitative estimate of drug-likeness (QED) is 0.931. The first-order chi connectivity index (χ1) is 9.29. The summed E-state index contributed by atoms with van der Waals surface area (Å²) in [4.78, 5) is 11.8. The Morgan fingerprint density at radius 1 is 1.25 bits per heavy atom. The lowest BCUT2D eigenvalue weighted by atomic mass is 10.1. The highest BCUT2D eigenvalue weighted by Crippen LogP contribution is 2.27. The van der Waals surface area contributed by atoms with Crippen LogP contribution < -0.4 is 15.6 Å². The van der Waals surface area contributed by atoms with E-state index in [0.717, 1.165) is 30.1 Å². The molecule has 2 heterocycles. The highest BCUT2D eigenvalue weighted by molar-refractivity contribution is 5.85. The second-order valence-corrected chi connectivity index (χ2v) is 4.51. The summed E-state index contributed by atoms with van der Waals surface area (Å²) in [5, 5.41) is 7.60. The summed E-state index contributed by atoms with van der Waals surface area (Å²) in [5.74, 6) is 0.756. The number of nitrogens with one attached hydrogen (secondary N) is 1. The molecule has 2 aromatic rings. The van der Waals surface area contributed by atoms with Gasteiger partial charge >= 0.3 is 0 Å². The number of methoxy groups -OCH3 is 1. The number of halogens is 1. The van der Waals surface area contributed by atoms with E-state index in [9.17, 15) is 4.79 Å². The molecule has 0 aliphatic carbocycles. The number of nitrogens with zero attached hydrogens (tertiary/aromatic N) is 2. The molecule has 1 fully saturated rings. The third kappa shape index (κ3) is 2.55. The molecule has 0 bridgehead atoms. The van der Waals surface area contributed by atoms with Gasteiger partial charge in [-0.05, 0) is 18.2 Å². The first-order valence-electron chi connectivity index (χ1n) is 6.23. The van der Waals surface area contributed by atoms with E-state index >= 15 is 0 Å². The lowest BCUT2D eigenvalue weighted by Crippen LogP contribution is -2.47. The van der Waals surface area contributed by atoms with Crippen LogP contribution in [0.1, 0.15) is 6.04 Å². The van der Waals surface area contributed by atoms with Crippen LogP contribution in [0.4, 0.5) is 0 Å². The van der Waals surface area contributed by atoms with Crippen molar-refractivity contribution in [1.29, 1.82) is 0 Å². The van der Waals surface area contributed by atoms with Crippen LogP contribution in [0.5, 0.6) is 5.75 Å². The fourth-order valence-corrected chi connectivity index (χ4v) is 2.13. The minimum absolute atomic E-state index is 0. The average molecular weight is 294 g/mol. The fraction of sp³-hybridized carbons (Fsp3) is 0.286. The first-order valence-corrected chi connectivity index (χ1v) is 6.23. The van der Waals surface area contributed by atoms with Gasteiger partial charge in [0.15, 0.2) is 0 Å². The topological polar surface area (TPSA) is 56.1 Å². The number of hydrogen-bond donors (Lipinski definition) is 1. The maximum absolute atomic E-state index is 11.8. The molecular weight excluding hydrogens is 278 g/mol. The summed E-state index contributed by atoms with van der Waals surface area (Å²) in [6.07, 6.45) is 0. The Balaban J connectivity index is 0.00000147. The Morgan fingerprint density at radius 2 is 2.00 bits per heavy atom. The molecule has 3 rings (SSSR count). The molecule has 0 unspecified atom stereocenters. The van der Waals surface area contributed by atoms with E-state index < -0.39 is 0 Å². The van der Waals surface area contributed by atoms with Gasteiger partial charge in [-0.2, -0.15) is 5.10 Å². The molecule has 0 radical (unpaired) electrons. The van der Waals surface area contributed by atoms with Crippen molar-refractivity contribution < 1.29 is 4.74 Å². The third-order valence-electron chi connectivity index (χ3n) is 3.31. The van der Waals surface area contributed by atoms with E-state index in [1.54, 1.807) is 23.9 Å². The minimum Gasteiger partial charge on any atom is -0.496 e. The van der Waals surface area contributed by atoms with Gasteiger partial charge in [-0.1, -0.05) is 12.1 Å². The molecule has 1 N–H and O–H groups in total. The van der Waals surface area contributed by atoms with Crippen LogP contribution in [0.2, 0.25) is 0 Å². The third-order valence-corrected chi connectivity index (χ3v) is 3.31. The highest BCUT2D eigenvalue weighted by atomic mass is 35.5. The summed E-state index contributed by atoms with van der Waals surface area (Å²) in [6.45, 7) is 1.59. The van der Waals surface area contributed by atoms with Crippen LogP contribution in [-0.4, -0.2) is 30.0 Å². The van der Waals surface area contributed by atoms with Crippen molar-refractivity contribution in [3.63, 3.8) is 0 Å². The molecule has 1 aromatic heterocycles.